The van der Waals surface area contributed by atoms with Crippen molar-refractivity contribution in [3.63, 3.8) is 0 Å². The van der Waals surface area contributed by atoms with Gasteiger partial charge in [-0.1, -0.05) is 12.1 Å². The molecule has 0 unspecified atom stereocenters. The average Bonchev–Trinajstić information content (AvgIpc) is 3.44. The Labute approximate surface area is 201 Å². The van der Waals surface area contributed by atoms with Crippen LogP contribution in [0.5, 0.6) is 0 Å². The van der Waals surface area contributed by atoms with E-state index < -0.39 is 0 Å². The minimum Gasteiger partial charge on any atom is -0.363 e. The number of pyridine rings is 1. The molecule has 5 aromatic rings. The van der Waals surface area contributed by atoms with E-state index >= 15 is 0 Å². The Kier molecular flexibility index (Phi) is 5.21. The van der Waals surface area contributed by atoms with Crippen molar-refractivity contribution in [1.82, 2.24) is 34.4 Å². The Morgan fingerprint density at radius 2 is 1.83 bits per heavy atom. The molecule has 1 aromatic carbocycles. The van der Waals surface area contributed by atoms with E-state index in [1.165, 1.54) is 0 Å². The molecular formula is C26H24N8O. The lowest BCUT2D eigenvalue weighted by Gasteiger charge is -2.11. The van der Waals surface area contributed by atoms with E-state index in [-0.39, 0.29) is 5.91 Å². The molecule has 6 rings (SSSR count). The van der Waals surface area contributed by atoms with Gasteiger partial charge in [0.2, 0.25) is 0 Å². The molecular weight excluding hydrogens is 440 g/mol. The van der Waals surface area contributed by atoms with Gasteiger partial charge in [0.05, 0.1) is 23.8 Å². The lowest BCUT2D eigenvalue weighted by atomic mass is 10.1. The van der Waals surface area contributed by atoms with E-state index in [0.29, 0.717) is 24.0 Å². The van der Waals surface area contributed by atoms with Crippen LogP contribution >= 0.6 is 0 Å². The number of hydrogen-bond donors (Lipinski definition) is 2. The van der Waals surface area contributed by atoms with E-state index in [9.17, 15) is 4.79 Å². The molecule has 0 atom stereocenters. The van der Waals surface area contributed by atoms with Crippen molar-refractivity contribution in [2.24, 2.45) is 7.05 Å². The predicted octanol–water partition coefficient (Wildman–Crippen LogP) is 3.70. The average molecular weight is 465 g/mol. The van der Waals surface area contributed by atoms with Gasteiger partial charge in [0.25, 0.3) is 5.91 Å². The second kappa shape index (κ2) is 8.68. The summed E-state index contributed by atoms with van der Waals surface area (Å²) in [5.41, 5.74) is 6.06. The summed E-state index contributed by atoms with van der Waals surface area (Å²) in [7, 11) is 1.89. The number of anilines is 1. The van der Waals surface area contributed by atoms with Crippen molar-refractivity contribution in [2.45, 2.75) is 25.4 Å². The maximum Gasteiger partial charge on any atom is 0.251 e. The summed E-state index contributed by atoms with van der Waals surface area (Å²) < 4.78 is 3.81. The maximum atomic E-state index is 12.4. The molecule has 0 radical (unpaired) electrons. The first-order valence-electron chi connectivity index (χ1n) is 11.6. The van der Waals surface area contributed by atoms with Crippen LogP contribution in [0, 0.1) is 0 Å². The number of nitrogens with zero attached hydrogens (tertiary/aromatic N) is 6. The highest BCUT2D eigenvalue weighted by molar-refractivity contribution is 5.95. The zero-order valence-electron chi connectivity index (χ0n) is 19.2. The Balaban J connectivity index is 1.38. The number of fused-ring (bicyclic) bond motifs is 1. The number of aromatic nitrogens is 6. The zero-order valence-corrected chi connectivity index (χ0v) is 19.2. The molecule has 2 N–H and O–H groups in total. The monoisotopic (exact) mass is 464 g/mol. The lowest BCUT2D eigenvalue weighted by Crippen LogP contribution is -2.25. The summed E-state index contributed by atoms with van der Waals surface area (Å²) in [6, 6.07) is 11.8. The largest absolute Gasteiger partial charge is 0.363 e. The molecule has 4 heterocycles. The van der Waals surface area contributed by atoms with Crippen LogP contribution in [0.2, 0.25) is 0 Å². The van der Waals surface area contributed by atoms with Gasteiger partial charge >= 0.3 is 0 Å². The second-order valence-electron chi connectivity index (χ2n) is 8.75. The van der Waals surface area contributed by atoms with Crippen molar-refractivity contribution in [3.05, 3.63) is 84.7 Å². The number of amides is 1. The number of carbonyl (C=O) groups excluding carboxylic acids is 1. The van der Waals surface area contributed by atoms with Gasteiger partial charge in [-0.05, 0) is 37.1 Å². The third-order valence-corrected chi connectivity index (χ3v) is 6.04. The van der Waals surface area contributed by atoms with Gasteiger partial charge in [-0.25, -0.2) is 9.97 Å². The first-order chi connectivity index (χ1) is 17.1. The van der Waals surface area contributed by atoms with Gasteiger partial charge in [0.15, 0.2) is 11.5 Å². The van der Waals surface area contributed by atoms with Gasteiger partial charge in [-0.15, -0.1) is 0 Å². The predicted molar refractivity (Wildman–Crippen MR) is 133 cm³/mol. The quantitative estimate of drug-likeness (QED) is 0.381. The van der Waals surface area contributed by atoms with Crippen LogP contribution in [-0.4, -0.2) is 41.1 Å². The van der Waals surface area contributed by atoms with E-state index in [4.69, 9.17) is 4.98 Å². The molecule has 1 aliphatic rings. The Hall–Kier alpha value is -4.53. The minimum atomic E-state index is -0.0248. The SMILES string of the molecule is Cn1cc(CNc2nc(-c3ccncc3)cn3c(-c4ccc(C(=O)NC5CC5)cc4)cnc23)cn1. The smallest absolute Gasteiger partial charge is 0.251 e. The van der Waals surface area contributed by atoms with Gasteiger partial charge in [-0.2, -0.15) is 5.10 Å². The summed E-state index contributed by atoms with van der Waals surface area (Å²) in [4.78, 5) is 26.1. The zero-order chi connectivity index (χ0) is 23.8. The normalized spacial score (nSPS) is 13.2. The van der Waals surface area contributed by atoms with Crippen molar-refractivity contribution in [3.8, 4) is 22.5 Å². The molecule has 35 heavy (non-hydrogen) atoms. The van der Waals surface area contributed by atoms with Crippen LogP contribution in [0.3, 0.4) is 0 Å². The molecule has 1 amide bonds. The first-order valence-corrected chi connectivity index (χ1v) is 11.6. The van der Waals surface area contributed by atoms with Gasteiger partial charge < -0.3 is 10.6 Å². The molecule has 0 spiro atoms. The number of benzene rings is 1. The highest BCUT2D eigenvalue weighted by Crippen LogP contribution is 2.28. The highest BCUT2D eigenvalue weighted by atomic mass is 16.1. The van der Waals surface area contributed by atoms with Crippen LogP contribution in [0.4, 0.5) is 5.82 Å². The molecule has 9 nitrogen and oxygen atoms in total. The van der Waals surface area contributed by atoms with Crippen molar-refractivity contribution in [2.75, 3.05) is 5.32 Å². The standard InChI is InChI=1S/C26H24N8O/c1-33-15-17(13-30-33)12-28-24-25-29-14-23(34(25)16-22(32-24)18-8-10-27-11-9-18)19-2-4-20(5-3-19)26(35)31-21-6-7-21/h2-5,8-11,13-16,21H,6-7,12H2,1H3,(H,28,32)(H,31,35). The number of nitrogens with one attached hydrogen (secondary N) is 2. The minimum absolute atomic E-state index is 0.0248. The summed E-state index contributed by atoms with van der Waals surface area (Å²) in [6.07, 6.45) is 13.3. The summed E-state index contributed by atoms with van der Waals surface area (Å²) in [6.45, 7) is 0.573. The van der Waals surface area contributed by atoms with Crippen LogP contribution in [-0.2, 0) is 13.6 Å². The number of imidazole rings is 1. The van der Waals surface area contributed by atoms with Crippen LogP contribution < -0.4 is 10.6 Å². The van der Waals surface area contributed by atoms with Crippen LogP contribution in [0.15, 0.2) is 73.6 Å². The van der Waals surface area contributed by atoms with Crippen molar-refractivity contribution in [1.29, 1.82) is 0 Å². The Bertz CT molecular complexity index is 1500. The molecule has 9 heteroatoms. The number of carbonyl (C=O) groups is 1. The maximum absolute atomic E-state index is 12.4. The van der Waals surface area contributed by atoms with Gasteiger partial charge in [0.1, 0.15) is 0 Å². The summed E-state index contributed by atoms with van der Waals surface area (Å²) in [5.74, 6) is 0.651. The second-order valence-corrected chi connectivity index (χ2v) is 8.75. The molecule has 174 valence electrons. The summed E-state index contributed by atoms with van der Waals surface area (Å²) >= 11 is 0. The Morgan fingerprint density at radius 1 is 1.03 bits per heavy atom. The molecule has 1 fully saturated rings. The summed E-state index contributed by atoms with van der Waals surface area (Å²) in [5, 5.41) is 10.7. The fourth-order valence-electron chi connectivity index (χ4n) is 4.02. The number of hydrogen-bond acceptors (Lipinski definition) is 6. The third kappa shape index (κ3) is 4.35. The van der Waals surface area contributed by atoms with Gasteiger partial charge in [0, 0.05) is 66.7 Å². The van der Waals surface area contributed by atoms with E-state index in [2.05, 4.69) is 25.7 Å². The molecule has 1 aliphatic carbocycles. The molecule has 0 aliphatic heterocycles. The number of aryl methyl sites for hydroxylation is 1. The first kappa shape index (κ1) is 21.0. The van der Waals surface area contributed by atoms with Crippen molar-refractivity contribution >= 4 is 17.4 Å². The molecule has 0 bridgehead atoms. The topological polar surface area (TPSA) is 102 Å². The van der Waals surface area contributed by atoms with E-state index in [0.717, 1.165) is 46.6 Å². The van der Waals surface area contributed by atoms with Gasteiger partial charge in [-0.3, -0.25) is 18.9 Å². The van der Waals surface area contributed by atoms with Crippen molar-refractivity contribution < 1.29 is 4.79 Å². The lowest BCUT2D eigenvalue weighted by molar-refractivity contribution is 0.0951. The van der Waals surface area contributed by atoms with Crippen LogP contribution in [0.25, 0.3) is 28.2 Å². The van der Waals surface area contributed by atoms with E-state index in [1.807, 2.05) is 72.6 Å². The fraction of sp³-hybridized carbons (Fsp3) is 0.192. The van der Waals surface area contributed by atoms with E-state index in [1.54, 1.807) is 17.1 Å². The third-order valence-electron chi connectivity index (χ3n) is 6.04. The van der Waals surface area contributed by atoms with Crippen LogP contribution in [0.1, 0.15) is 28.8 Å². The fourth-order valence-corrected chi connectivity index (χ4v) is 4.02. The molecule has 4 aromatic heterocycles. The molecule has 0 saturated heterocycles. The Morgan fingerprint density at radius 3 is 2.54 bits per heavy atom. The number of rotatable bonds is 7. The highest BCUT2D eigenvalue weighted by Gasteiger charge is 2.23. The molecule has 1 saturated carbocycles.